The van der Waals surface area contributed by atoms with Crippen LogP contribution >= 0.6 is 11.6 Å². The summed E-state index contributed by atoms with van der Waals surface area (Å²) in [4.78, 5) is 13.4. The first-order valence-electron chi connectivity index (χ1n) is 5.11. The van der Waals surface area contributed by atoms with Crippen LogP contribution in [0, 0.1) is 0 Å². The van der Waals surface area contributed by atoms with E-state index in [1.165, 1.54) is 17.2 Å². The second-order valence-electron chi connectivity index (χ2n) is 4.04. The Morgan fingerprint density at radius 3 is 2.28 bits per heavy atom. The van der Waals surface area contributed by atoms with Gasteiger partial charge >= 0.3 is 0 Å². The predicted octanol–water partition coefficient (Wildman–Crippen LogP) is 1.97. The number of hydrogen-bond acceptors (Lipinski definition) is 4. The van der Waals surface area contributed by atoms with Gasteiger partial charge in [-0.05, 0) is 12.1 Å². The van der Waals surface area contributed by atoms with Crippen molar-refractivity contribution in [3.8, 4) is 0 Å². The van der Waals surface area contributed by atoms with E-state index in [9.17, 15) is 13.2 Å². The second-order valence-corrected chi connectivity index (χ2v) is 6.43. The Morgan fingerprint density at radius 1 is 1.28 bits per heavy atom. The Bertz CT molecular complexity index is 591. The normalized spacial score (nSPS) is 12.3. The van der Waals surface area contributed by atoms with Gasteiger partial charge in [0.25, 0.3) is 0 Å². The van der Waals surface area contributed by atoms with Crippen LogP contribution in [-0.4, -0.2) is 39.5 Å². The minimum Gasteiger partial charge on any atom is -0.382 e. The summed E-state index contributed by atoms with van der Waals surface area (Å²) in [6.07, 6.45) is 2.28. The van der Waals surface area contributed by atoms with Gasteiger partial charge in [-0.1, -0.05) is 23.7 Å². The molecule has 1 rings (SSSR count). The highest BCUT2D eigenvalue weighted by atomic mass is 35.5. The summed E-state index contributed by atoms with van der Waals surface area (Å²) in [6.45, 7) is 0. The summed E-state index contributed by atoms with van der Waals surface area (Å²) < 4.78 is 23.3. The second kappa shape index (κ2) is 5.54. The number of halogens is 1. The SMILES string of the molecule is CN(C)C=C(C(=O)c1ccccc1Cl)S(C)(=O)=O. The van der Waals surface area contributed by atoms with E-state index in [1.54, 1.807) is 32.3 Å². The topological polar surface area (TPSA) is 54.5 Å². The van der Waals surface area contributed by atoms with Crippen molar-refractivity contribution in [1.29, 1.82) is 0 Å². The summed E-state index contributed by atoms with van der Waals surface area (Å²) in [5.41, 5.74) is 0.178. The monoisotopic (exact) mass is 287 g/mol. The lowest BCUT2D eigenvalue weighted by Crippen LogP contribution is -2.17. The fourth-order valence-corrected chi connectivity index (χ4v) is 2.41. The molecule has 0 aliphatic rings. The first kappa shape index (κ1) is 14.7. The molecule has 0 saturated carbocycles. The highest BCUT2D eigenvalue weighted by molar-refractivity contribution is 7.95. The molecule has 4 nitrogen and oxygen atoms in total. The van der Waals surface area contributed by atoms with Crippen molar-refractivity contribution >= 4 is 27.2 Å². The Hall–Kier alpha value is -1.33. The zero-order chi connectivity index (χ0) is 13.9. The van der Waals surface area contributed by atoms with Crippen molar-refractivity contribution in [3.05, 3.63) is 46.0 Å². The molecule has 0 aliphatic carbocycles. The fraction of sp³-hybridized carbons (Fsp3) is 0.250. The third-order valence-electron chi connectivity index (χ3n) is 2.12. The zero-order valence-electron chi connectivity index (χ0n) is 10.3. The number of allylic oxidation sites excluding steroid dienone is 1. The molecule has 0 atom stereocenters. The van der Waals surface area contributed by atoms with Gasteiger partial charge in [-0.2, -0.15) is 0 Å². The van der Waals surface area contributed by atoms with E-state index in [-0.39, 0.29) is 15.5 Å². The molecule has 98 valence electrons. The van der Waals surface area contributed by atoms with Crippen LogP contribution in [0.5, 0.6) is 0 Å². The third-order valence-corrected chi connectivity index (χ3v) is 3.54. The van der Waals surface area contributed by atoms with Gasteiger partial charge in [0.05, 0.1) is 5.02 Å². The van der Waals surface area contributed by atoms with Gasteiger partial charge in [0.15, 0.2) is 9.84 Å². The lowest BCUT2D eigenvalue weighted by Gasteiger charge is -2.10. The fourth-order valence-electron chi connectivity index (χ4n) is 1.34. The predicted molar refractivity (Wildman–Crippen MR) is 72.4 cm³/mol. The average Bonchev–Trinajstić information content (AvgIpc) is 2.24. The molecule has 0 heterocycles. The van der Waals surface area contributed by atoms with Gasteiger partial charge in [-0.3, -0.25) is 4.79 Å². The molecule has 0 bridgehead atoms. The molecule has 6 heteroatoms. The molecule has 0 N–H and O–H groups in total. The van der Waals surface area contributed by atoms with E-state index in [1.807, 2.05) is 0 Å². The van der Waals surface area contributed by atoms with Crippen LogP contribution in [-0.2, 0) is 9.84 Å². The summed E-state index contributed by atoms with van der Waals surface area (Å²) in [5, 5.41) is 0.232. The van der Waals surface area contributed by atoms with Crippen molar-refractivity contribution < 1.29 is 13.2 Å². The van der Waals surface area contributed by atoms with Crippen LogP contribution < -0.4 is 0 Å². The van der Waals surface area contributed by atoms with Crippen LogP contribution in [0.2, 0.25) is 5.02 Å². The van der Waals surface area contributed by atoms with Crippen LogP contribution in [0.25, 0.3) is 0 Å². The summed E-state index contributed by atoms with van der Waals surface area (Å²) in [7, 11) is -0.325. The number of carbonyl (C=O) groups is 1. The van der Waals surface area contributed by atoms with E-state index >= 15 is 0 Å². The Kier molecular flexibility index (Phi) is 4.53. The molecule has 18 heavy (non-hydrogen) atoms. The molecule has 0 spiro atoms. The largest absolute Gasteiger partial charge is 0.382 e. The molecular formula is C12H14ClNO3S. The van der Waals surface area contributed by atoms with E-state index in [2.05, 4.69) is 0 Å². The van der Waals surface area contributed by atoms with Crippen molar-refractivity contribution in [3.63, 3.8) is 0 Å². The number of Topliss-reactive ketones (excluding diaryl/α,β-unsaturated/α-hetero) is 1. The van der Waals surface area contributed by atoms with Gasteiger partial charge in [-0.15, -0.1) is 0 Å². The number of rotatable bonds is 4. The molecule has 0 aliphatic heterocycles. The van der Waals surface area contributed by atoms with Crippen molar-refractivity contribution in [2.45, 2.75) is 0 Å². The highest BCUT2D eigenvalue weighted by Gasteiger charge is 2.23. The molecule has 0 fully saturated rings. The van der Waals surface area contributed by atoms with Crippen molar-refractivity contribution in [2.75, 3.05) is 20.4 Å². The lowest BCUT2D eigenvalue weighted by atomic mass is 10.1. The summed E-state index contributed by atoms with van der Waals surface area (Å²) in [6, 6.07) is 6.35. The first-order chi connectivity index (χ1) is 8.23. The summed E-state index contributed by atoms with van der Waals surface area (Å²) >= 11 is 5.89. The van der Waals surface area contributed by atoms with E-state index < -0.39 is 15.6 Å². The van der Waals surface area contributed by atoms with Crippen LogP contribution in [0.3, 0.4) is 0 Å². The lowest BCUT2D eigenvalue weighted by molar-refractivity contribution is 0.104. The van der Waals surface area contributed by atoms with Crippen molar-refractivity contribution in [1.82, 2.24) is 4.90 Å². The Labute approximate surface area is 112 Å². The maximum absolute atomic E-state index is 12.2. The zero-order valence-corrected chi connectivity index (χ0v) is 11.9. The molecule has 1 aromatic rings. The molecule has 0 aromatic heterocycles. The molecule has 1 aromatic carbocycles. The van der Waals surface area contributed by atoms with Crippen LogP contribution in [0.15, 0.2) is 35.4 Å². The quantitative estimate of drug-likeness (QED) is 0.628. The van der Waals surface area contributed by atoms with E-state index in [4.69, 9.17) is 11.6 Å². The van der Waals surface area contributed by atoms with E-state index in [0.717, 1.165) is 6.26 Å². The molecule has 0 radical (unpaired) electrons. The average molecular weight is 288 g/mol. The maximum Gasteiger partial charge on any atom is 0.207 e. The van der Waals surface area contributed by atoms with Gasteiger partial charge < -0.3 is 4.90 Å². The van der Waals surface area contributed by atoms with Crippen LogP contribution in [0.1, 0.15) is 10.4 Å². The molecule has 0 amide bonds. The maximum atomic E-state index is 12.2. The third kappa shape index (κ3) is 3.58. The van der Waals surface area contributed by atoms with Gasteiger partial charge in [0, 0.05) is 32.1 Å². The number of sulfone groups is 1. The van der Waals surface area contributed by atoms with Crippen LogP contribution in [0.4, 0.5) is 0 Å². The molecular weight excluding hydrogens is 274 g/mol. The van der Waals surface area contributed by atoms with E-state index in [0.29, 0.717) is 0 Å². The minimum atomic E-state index is -3.61. The first-order valence-corrected chi connectivity index (χ1v) is 7.38. The highest BCUT2D eigenvalue weighted by Crippen LogP contribution is 2.21. The van der Waals surface area contributed by atoms with Crippen molar-refractivity contribution in [2.24, 2.45) is 0 Å². The Balaban J connectivity index is 3.34. The number of benzene rings is 1. The van der Waals surface area contributed by atoms with Gasteiger partial charge in [0.2, 0.25) is 5.78 Å². The smallest absolute Gasteiger partial charge is 0.207 e. The van der Waals surface area contributed by atoms with Gasteiger partial charge in [0.1, 0.15) is 4.91 Å². The van der Waals surface area contributed by atoms with Gasteiger partial charge in [-0.25, -0.2) is 8.42 Å². The number of ketones is 1. The Morgan fingerprint density at radius 2 is 1.83 bits per heavy atom. The summed E-state index contributed by atoms with van der Waals surface area (Å²) in [5.74, 6) is -0.600. The molecule has 0 saturated heterocycles. The number of carbonyl (C=O) groups excluding carboxylic acids is 1. The molecule has 0 unspecified atom stereocenters. The number of nitrogens with zero attached hydrogens (tertiary/aromatic N) is 1. The number of hydrogen-bond donors (Lipinski definition) is 0. The standard InChI is InChI=1S/C12H14ClNO3S/c1-14(2)8-11(18(3,16)17)12(15)9-6-4-5-7-10(9)13/h4-8H,1-3H3. The minimum absolute atomic E-state index is 0.178.